The Kier molecular flexibility index (Phi) is 10.2. The zero-order valence-corrected chi connectivity index (χ0v) is 15.6. The van der Waals surface area contributed by atoms with E-state index in [1.807, 2.05) is 25.1 Å². The van der Waals surface area contributed by atoms with Crippen LogP contribution in [0.2, 0.25) is 0 Å². The summed E-state index contributed by atoms with van der Waals surface area (Å²) < 4.78 is 1.58. The van der Waals surface area contributed by atoms with Gasteiger partial charge in [0.1, 0.15) is 0 Å². The molecule has 0 fully saturated rings. The summed E-state index contributed by atoms with van der Waals surface area (Å²) >= 11 is 0. The minimum absolute atomic E-state index is 0. The molecule has 1 aromatic heterocycles. The van der Waals surface area contributed by atoms with Crippen molar-refractivity contribution in [3.8, 4) is 11.3 Å². The number of aromatic nitrogens is 2. The van der Waals surface area contributed by atoms with E-state index in [4.69, 9.17) is 10.8 Å². The second kappa shape index (κ2) is 11.0. The third-order valence-electron chi connectivity index (χ3n) is 3.17. The first kappa shape index (κ1) is 22.3. The largest absolute Gasteiger partial charge is 0.395 e. The van der Waals surface area contributed by atoms with Crippen molar-refractivity contribution in [3.63, 3.8) is 0 Å². The van der Waals surface area contributed by atoms with Crippen LogP contribution in [0.4, 0.5) is 0 Å². The van der Waals surface area contributed by atoms with Crippen LogP contribution in [0.3, 0.4) is 0 Å². The number of aryl methyl sites for hydroxylation is 2. The van der Waals surface area contributed by atoms with Crippen LogP contribution in [0.1, 0.15) is 25.0 Å². The molecule has 0 spiro atoms. The van der Waals surface area contributed by atoms with Gasteiger partial charge < -0.3 is 10.8 Å². The molecule has 5 nitrogen and oxygen atoms in total. The predicted octanol–water partition coefficient (Wildman–Crippen LogP) is 2.54. The summed E-state index contributed by atoms with van der Waals surface area (Å²) in [5.41, 5.74) is 8.65. The Hall–Kier alpha value is -1.69. The molecule has 1 heterocycles. The smallest absolute Gasteiger partial charge is 0.269 e. The van der Waals surface area contributed by atoms with E-state index in [0.717, 1.165) is 16.8 Å². The van der Waals surface area contributed by atoms with Crippen LogP contribution >= 0.6 is 12.4 Å². The molecule has 134 valence electrons. The van der Waals surface area contributed by atoms with Gasteiger partial charge in [-0.05, 0) is 25.8 Å². The Morgan fingerprint density at radius 1 is 1.21 bits per heavy atom. The van der Waals surface area contributed by atoms with Gasteiger partial charge in [-0.25, -0.2) is 4.68 Å². The van der Waals surface area contributed by atoms with Crippen molar-refractivity contribution in [2.24, 2.45) is 11.7 Å². The average molecular weight is 354 g/mol. The maximum atomic E-state index is 12.0. The lowest BCUT2D eigenvalue weighted by atomic mass is 10.1. The summed E-state index contributed by atoms with van der Waals surface area (Å²) in [6, 6.07) is 10.1. The monoisotopic (exact) mass is 353 g/mol. The first-order valence-electron chi connectivity index (χ1n) is 7.85. The molecule has 6 heteroatoms. The molecule has 0 aliphatic heterocycles. The molecule has 2 aromatic rings. The maximum Gasteiger partial charge on any atom is 0.269 e. The van der Waals surface area contributed by atoms with Crippen LogP contribution < -0.4 is 11.3 Å². The standard InChI is InChI=1S/C16H20N2O.C2H7NO.ClH/c1-11(2)10-18-16(19)13(4)9-15(17-18)14-7-5-12(3)6-8-14;3-1-2-4;/h5-9,11H,10H2,1-4H3;4H,1-3H2;1H. The fourth-order valence-electron chi connectivity index (χ4n) is 2.01. The van der Waals surface area contributed by atoms with Gasteiger partial charge in [-0.1, -0.05) is 43.7 Å². The molecule has 0 saturated carbocycles. The van der Waals surface area contributed by atoms with Gasteiger partial charge in [-0.15, -0.1) is 12.4 Å². The van der Waals surface area contributed by atoms with Gasteiger partial charge >= 0.3 is 0 Å². The zero-order valence-electron chi connectivity index (χ0n) is 14.8. The molecular formula is C18H28ClN3O2. The number of nitrogens with zero attached hydrogens (tertiary/aromatic N) is 2. The van der Waals surface area contributed by atoms with E-state index < -0.39 is 0 Å². The Morgan fingerprint density at radius 2 is 1.75 bits per heavy atom. The van der Waals surface area contributed by atoms with Crippen LogP contribution in [-0.2, 0) is 6.54 Å². The van der Waals surface area contributed by atoms with Crippen molar-refractivity contribution in [2.45, 2.75) is 34.2 Å². The first-order valence-corrected chi connectivity index (χ1v) is 7.85. The van der Waals surface area contributed by atoms with Crippen molar-refractivity contribution < 1.29 is 5.11 Å². The highest BCUT2D eigenvalue weighted by Crippen LogP contribution is 2.17. The molecule has 0 atom stereocenters. The first-order chi connectivity index (χ1) is 10.9. The van der Waals surface area contributed by atoms with E-state index in [0.29, 0.717) is 19.0 Å². The molecule has 0 aliphatic rings. The van der Waals surface area contributed by atoms with Crippen LogP contribution in [-0.4, -0.2) is 28.0 Å². The minimum atomic E-state index is 0. The molecule has 2 rings (SSSR count). The quantitative estimate of drug-likeness (QED) is 0.885. The fraction of sp³-hybridized carbons (Fsp3) is 0.444. The van der Waals surface area contributed by atoms with E-state index in [9.17, 15) is 4.79 Å². The van der Waals surface area contributed by atoms with Crippen LogP contribution in [0.25, 0.3) is 11.3 Å². The van der Waals surface area contributed by atoms with Gasteiger partial charge in [0.05, 0.1) is 12.3 Å². The molecule has 0 radical (unpaired) electrons. The van der Waals surface area contributed by atoms with Gasteiger partial charge in [0, 0.05) is 24.2 Å². The molecule has 3 N–H and O–H groups in total. The molecule has 0 saturated heterocycles. The summed E-state index contributed by atoms with van der Waals surface area (Å²) in [5.74, 6) is 0.401. The van der Waals surface area contributed by atoms with Crippen molar-refractivity contribution in [2.75, 3.05) is 13.2 Å². The summed E-state index contributed by atoms with van der Waals surface area (Å²) in [6.07, 6.45) is 0. The summed E-state index contributed by atoms with van der Waals surface area (Å²) in [4.78, 5) is 12.0. The van der Waals surface area contributed by atoms with Gasteiger partial charge in [-0.3, -0.25) is 4.79 Å². The third kappa shape index (κ3) is 6.83. The Bertz CT molecular complexity index is 665. The predicted molar refractivity (Wildman–Crippen MR) is 102 cm³/mol. The Labute approximate surface area is 149 Å². The molecule has 0 bridgehead atoms. The zero-order chi connectivity index (χ0) is 17.4. The molecule has 0 unspecified atom stereocenters. The molecule has 1 aromatic carbocycles. The summed E-state index contributed by atoms with van der Waals surface area (Å²) in [5, 5.41) is 12.2. The summed E-state index contributed by atoms with van der Waals surface area (Å²) in [6.45, 7) is 9.20. The third-order valence-corrected chi connectivity index (χ3v) is 3.17. The van der Waals surface area contributed by atoms with E-state index in [1.165, 1.54) is 5.56 Å². The highest BCUT2D eigenvalue weighted by molar-refractivity contribution is 5.85. The minimum Gasteiger partial charge on any atom is -0.395 e. The lowest BCUT2D eigenvalue weighted by Gasteiger charge is -2.11. The number of rotatable bonds is 4. The molecular weight excluding hydrogens is 326 g/mol. The van der Waals surface area contributed by atoms with E-state index in [2.05, 4.69) is 38.0 Å². The van der Waals surface area contributed by atoms with Gasteiger partial charge in [0.15, 0.2) is 0 Å². The molecule has 0 amide bonds. The van der Waals surface area contributed by atoms with Crippen LogP contribution in [0.5, 0.6) is 0 Å². The number of nitrogens with two attached hydrogens (primary N) is 1. The summed E-state index contributed by atoms with van der Waals surface area (Å²) in [7, 11) is 0. The van der Waals surface area contributed by atoms with E-state index >= 15 is 0 Å². The average Bonchev–Trinajstić information content (AvgIpc) is 2.52. The van der Waals surface area contributed by atoms with Crippen molar-refractivity contribution in [1.82, 2.24) is 9.78 Å². The number of hydrogen-bond acceptors (Lipinski definition) is 4. The van der Waals surface area contributed by atoms with Crippen molar-refractivity contribution in [3.05, 3.63) is 51.8 Å². The number of aliphatic hydroxyl groups is 1. The number of halogens is 1. The fourth-order valence-corrected chi connectivity index (χ4v) is 2.01. The van der Waals surface area contributed by atoms with Crippen LogP contribution in [0, 0.1) is 19.8 Å². The van der Waals surface area contributed by atoms with Crippen molar-refractivity contribution >= 4 is 12.4 Å². The number of aliphatic hydroxyl groups excluding tert-OH is 1. The SMILES string of the molecule is Cc1ccc(-c2cc(C)c(=O)n(CC(C)C)n2)cc1.Cl.NCCO. The topological polar surface area (TPSA) is 81.1 Å². The normalized spacial score (nSPS) is 9.96. The van der Waals surface area contributed by atoms with Gasteiger partial charge in [0.2, 0.25) is 0 Å². The van der Waals surface area contributed by atoms with Crippen molar-refractivity contribution in [1.29, 1.82) is 0 Å². The maximum absolute atomic E-state index is 12.0. The Morgan fingerprint density at radius 3 is 2.21 bits per heavy atom. The van der Waals surface area contributed by atoms with E-state index in [-0.39, 0.29) is 24.6 Å². The highest BCUT2D eigenvalue weighted by atomic mass is 35.5. The van der Waals surface area contributed by atoms with Gasteiger partial charge in [0.25, 0.3) is 5.56 Å². The van der Waals surface area contributed by atoms with E-state index in [1.54, 1.807) is 4.68 Å². The lowest BCUT2D eigenvalue weighted by molar-refractivity contribution is 0.306. The number of benzene rings is 1. The number of hydrogen-bond donors (Lipinski definition) is 2. The highest BCUT2D eigenvalue weighted by Gasteiger charge is 2.08. The molecule has 24 heavy (non-hydrogen) atoms. The second-order valence-electron chi connectivity index (χ2n) is 5.97. The van der Waals surface area contributed by atoms with Crippen LogP contribution in [0.15, 0.2) is 35.1 Å². The molecule has 0 aliphatic carbocycles. The second-order valence-corrected chi connectivity index (χ2v) is 5.97. The van der Waals surface area contributed by atoms with Gasteiger partial charge in [-0.2, -0.15) is 5.10 Å². The Balaban J connectivity index is 0.000000954. The lowest BCUT2D eigenvalue weighted by Crippen LogP contribution is -2.27.